The molecule has 2 rings (SSSR count). The van der Waals surface area contributed by atoms with Gasteiger partial charge in [-0.1, -0.05) is 30.3 Å². The molecule has 20 heavy (non-hydrogen) atoms. The molecule has 1 amide bonds. The van der Waals surface area contributed by atoms with Crippen LogP contribution in [0.1, 0.15) is 46.1 Å². The van der Waals surface area contributed by atoms with E-state index in [1.54, 1.807) is 0 Å². The Hall–Kier alpha value is -1.33. The molecule has 1 aromatic rings. The first kappa shape index (κ1) is 15.1. The lowest BCUT2D eigenvalue weighted by Gasteiger charge is -2.32. The Kier molecular flexibility index (Phi) is 3.94. The highest BCUT2D eigenvalue weighted by Crippen LogP contribution is 2.40. The van der Waals surface area contributed by atoms with E-state index in [1.807, 2.05) is 58.0 Å². The van der Waals surface area contributed by atoms with Crippen molar-refractivity contribution in [2.75, 3.05) is 0 Å². The molecule has 1 aromatic carbocycles. The van der Waals surface area contributed by atoms with Gasteiger partial charge in [-0.15, -0.1) is 0 Å². The number of carbonyl (C=O) groups excluding carboxylic acids is 1. The quantitative estimate of drug-likeness (QED) is 0.862. The molecule has 0 unspecified atom stereocenters. The SMILES string of the molecule is CC(=O)N[C@@H](B1OC(C)(C)C(C)(C)O1)c1ccccc1. The molecule has 1 atom stereocenters. The molecule has 1 N–H and O–H groups in total. The van der Waals surface area contributed by atoms with Gasteiger partial charge in [0.05, 0.1) is 17.1 Å². The first-order valence-corrected chi connectivity index (χ1v) is 6.91. The number of rotatable bonds is 3. The van der Waals surface area contributed by atoms with E-state index in [-0.39, 0.29) is 11.8 Å². The van der Waals surface area contributed by atoms with Gasteiger partial charge in [0.1, 0.15) is 0 Å². The normalized spacial score (nSPS) is 21.6. The molecule has 0 aromatic heterocycles. The molecular formula is C15H22BNO3. The van der Waals surface area contributed by atoms with Crippen LogP contribution in [0.3, 0.4) is 0 Å². The van der Waals surface area contributed by atoms with Crippen molar-refractivity contribution in [3.05, 3.63) is 35.9 Å². The zero-order chi connectivity index (χ0) is 15.0. The molecular weight excluding hydrogens is 253 g/mol. The zero-order valence-corrected chi connectivity index (χ0v) is 12.8. The maximum atomic E-state index is 11.5. The number of hydrogen-bond donors (Lipinski definition) is 1. The van der Waals surface area contributed by atoms with E-state index < -0.39 is 18.3 Å². The van der Waals surface area contributed by atoms with Crippen LogP contribution in [0.2, 0.25) is 0 Å². The van der Waals surface area contributed by atoms with Crippen molar-refractivity contribution in [1.29, 1.82) is 0 Å². The van der Waals surface area contributed by atoms with Gasteiger partial charge < -0.3 is 14.6 Å². The van der Waals surface area contributed by atoms with Gasteiger partial charge in [0.2, 0.25) is 5.91 Å². The fourth-order valence-electron chi connectivity index (χ4n) is 2.21. The Morgan fingerprint density at radius 3 is 2.05 bits per heavy atom. The van der Waals surface area contributed by atoms with Crippen LogP contribution in [0.15, 0.2) is 30.3 Å². The van der Waals surface area contributed by atoms with E-state index in [2.05, 4.69) is 5.32 Å². The predicted octanol–water partition coefficient (Wildman–Crippen LogP) is 2.50. The summed E-state index contributed by atoms with van der Waals surface area (Å²) in [6.45, 7) is 9.51. The lowest BCUT2D eigenvalue weighted by Crippen LogP contribution is -2.41. The van der Waals surface area contributed by atoms with E-state index in [1.165, 1.54) is 6.92 Å². The molecule has 1 saturated heterocycles. The van der Waals surface area contributed by atoms with Crippen molar-refractivity contribution in [2.45, 2.75) is 51.8 Å². The third-order valence-corrected chi connectivity index (χ3v) is 4.06. The summed E-state index contributed by atoms with van der Waals surface area (Å²) in [4.78, 5) is 11.5. The van der Waals surface area contributed by atoms with Crippen LogP contribution in [0.5, 0.6) is 0 Å². The van der Waals surface area contributed by atoms with Crippen LogP contribution < -0.4 is 5.32 Å². The van der Waals surface area contributed by atoms with Gasteiger partial charge in [-0.2, -0.15) is 0 Å². The molecule has 0 bridgehead atoms. The lowest BCUT2D eigenvalue weighted by atomic mass is 9.74. The van der Waals surface area contributed by atoms with Crippen molar-refractivity contribution in [1.82, 2.24) is 5.32 Å². The summed E-state index contributed by atoms with van der Waals surface area (Å²) < 4.78 is 12.1. The number of carbonyl (C=O) groups is 1. The minimum absolute atomic E-state index is 0.103. The minimum atomic E-state index is -0.494. The Morgan fingerprint density at radius 1 is 1.10 bits per heavy atom. The van der Waals surface area contributed by atoms with Crippen molar-refractivity contribution < 1.29 is 14.1 Å². The number of amides is 1. The topological polar surface area (TPSA) is 47.6 Å². The second-order valence-electron chi connectivity index (χ2n) is 6.21. The highest BCUT2D eigenvalue weighted by atomic mass is 16.7. The monoisotopic (exact) mass is 275 g/mol. The lowest BCUT2D eigenvalue weighted by molar-refractivity contribution is -0.119. The summed E-state index contributed by atoms with van der Waals surface area (Å²) in [5.74, 6) is -0.414. The standard InChI is InChI=1S/C15H22BNO3/c1-11(18)17-13(12-9-7-6-8-10-12)16-19-14(2,3)15(4,5)20-16/h6-10,13H,1-5H3,(H,17,18)/t13-/m1/s1. The average Bonchev–Trinajstić information content (AvgIpc) is 2.56. The van der Waals surface area contributed by atoms with Gasteiger partial charge in [0.15, 0.2) is 0 Å². The zero-order valence-electron chi connectivity index (χ0n) is 12.8. The van der Waals surface area contributed by atoms with Crippen molar-refractivity contribution in [2.24, 2.45) is 0 Å². The van der Waals surface area contributed by atoms with Gasteiger partial charge in [-0.3, -0.25) is 4.79 Å². The Balaban J connectivity index is 2.28. The van der Waals surface area contributed by atoms with Crippen molar-refractivity contribution >= 4 is 13.0 Å². The van der Waals surface area contributed by atoms with E-state index in [4.69, 9.17) is 9.31 Å². The first-order valence-electron chi connectivity index (χ1n) is 6.91. The second kappa shape index (κ2) is 5.22. The number of nitrogens with one attached hydrogen (secondary N) is 1. The molecule has 4 nitrogen and oxygen atoms in total. The molecule has 5 heteroatoms. The Bertz CT molecular complexity index is 471. The van der Waals surface area contributed by atoms with Crippen LogP contribution in [0.25, 0.3) is 0 Å². The largest absolute Gasteiger partial charge is 0.486 e. The van der Waals surface area contributed by atoms with Crippen LogP contribution in [-0.4, -0.2) is 24.2 Å². The first-order chi connectivity index (χ1) is 9.23. The average molecular weight is 275 g/mol. The van der Waals surface area contributed by atoms with E-state index >= 15 is 0 Å². The van der Waals surface area contributed by atoms with Crippen LogP contribution in [0.4, 0.5) is 0 Å². The molecule has 0 aliphatic carbocycles. The summed E-state index contributed by atoms with van der Waals surface area (Å²) >= 11 is 0. The molecule has 108 valence electrons. The third-order valence-electron chi connectivity index (χ3n) is 4.06. The van der Waals surface area contributed by atoms with Crippen LogP contribution in [0, 0.1) is 0 Å². The van der Waals surface area contributed by atoms with Gasteiger partial charge >= 0.3 is 7.12 Å². The molecule has 0 saturated carbocycles. The molecule has 1 heterocycles. The van der Waals surface area contributed by atoms with Gasteiger partial charge in [-0.25, -0.2) is 0 Å². The summed E-state index contributed by atoms with van der Waals surface area (Å²) in [5.41, 5.74) is 0.146. The van der Waals surface area contributed by atoms with Crippen LogP contribution >= 0.6 is 0 Å². The Labute approximate surface area is 121 Å². The van der Waals surface area contributed by atoms with Crippen molar-refractivity contribution in [3.63, 3.8) is 0 Å². The molecule has 1 aliphatic heterocycles. The molecule has 0 radical (unpaired) electrons. The summed E-state index contributed by atoms with van der Waals surface area (Å²) in [6.07, 6.45) is 0. The smallest absolute Gasteiger partial charge is 0.402 e. The van der Waals surface area contributed by atoms with Gasteiger partial charge in [-0.05, 0) is 33.3 Å². The summed E-state index contributed by atoms with van der Waals surface area (Å²) in [6, 6.07) is 9.75. The molecule has 0 spiro atoms. The molecule has 1 fully saturated rings. The van der Waals surface area contributed by atoms with Gasteiger partial charge in [0.25, 0.3) is 0 Å². The highest BCUT2D eigenvalue weighted by molar-refractivity contribution is 6.47. The minimum Gasteiger partial charge on any atom is -0.402 e. The van der Waals surface area contributed by atoms with Crippen LogP contribution in [-0.2, 0) is 14.1 Å². The third kappa shape index (κ3) is 2.89. The number of benzene rings is 1. The van der Waals surface area contributed by atoms with E-state index in [0.717, 1.165) is 5.56 Å². The maximum Gasteiger partial charge on any atom is 0.486 e. The maximum absolute atomic E-state index is 11.5. The number of hydrogen-bond acceptors (Lipinski definition) is 3. The Morgan fingerprint density at radius 2 is 1.60 bits per heavy atom. The van der Waals surface area contributed by atoms with E-state index in [9.17, 15) is 4.79 Å². The van der Waals surface area contributed by atoms with E-state index in [0.29, 0.717) is 0 Å². The summed E-state index contributed by atoms with van der Waals surface area (Å²) in [5, 5.41) is 2.92. The highest BCUT2D eigenvalue weighted by Gasteiger charge is 2.54. The summed E-state index contributed by atoms with van der Waals surface area (Å²) in [7, 11) is -0.494. The second-order valence-corrected chi connectivity index (χ2v) is 6.21. The fraction of sp³-hybridized carbons (Fsp3) is 0.533. The fourth-order valence-corrected chi connectivity index (χ4v) is 2.21. The predicted molar refractivity (Wildman–Crippen MR) is 79.1 cm³/mol. The van der Waals surface area contributed by atoms with Gasteiger partial charge in [0, 0.05) is 6.92 Å². The van der Waals surface area contributed by atoms with Crippen molar-refractivity contribution in [3.8, 4) is 0 Å². The molecule has 1 aliphatic rings.